The molecule has 1 aliphatic carbocycles. The van der Waals surface area contributed by atoms with Crippen LogP contribution < -0.4 is 10.5 Å². The van der Waals surface area contributed by atoms with Gasteiger partial charge in [0.05, 0.1) is 23.9 Å². The second kappa shape index (κ2) is 7.39. The molecule has 1 aromatic rings. The summed E-state index contributed by atoms with van der Waals surface area (Å²) in [5.74, 6) is 0.955. The van der Waals surface area contributed by atoms with Gasteiger partial charge in [0.15, 0.2) is 0 Å². The number of fused-ring (bicyclic) bond motifs is 1. The third-order valence-corrected chi connectivity index (χ3v) is 6.13. The first kappa shape index (κ1) is 17.5. The van der Waals surface area contributed by atoms with E-state index >= 15 is 0 Å². The summed E-state index contributed by atoms with van der Waals surface area (Å²) in [5.41, 5.74) is 1.44. The summed E-state index contributed by atoms with van der Waals surface area (Å²) in [6.45, 7) is 2.96. The van der Waals surface area contributed by atoms with Crippen LogP contribution in [0.2, 0.25) is 0 Å². The Balaban J connectivity index is 1.46. The van der Waals surface area contributed by atoms with Crippen LogP contribution in [0.15, 0.2) is 4.79 Å². The van der Waals surface area contributed by atoms with Crippen molar-refractivity contribution >= 4 is 11.9 Å². The Morgan fingerprint density at radius 2 is 1.88 bits per heavy atom. The second-order valence-electron chi connectivity index (χ2n) is 7.73. The predicted molar refractivity (Wildman–Crippen MR) is 98.2 cm³/mol. The fourth-order valence-electron chi connectivity index (χ4n) is 4.48. The number of aromatic amines is 1. The summed E-state index contributed by atoms with van der Waals surface area (Å²) in [5, 5.41) is 0. The molecular formula is C19H28N4O3. The van der Waals surface area contributed by atoms with E-state index in [-0.39, 0.29) is 23.5 Å². The number of carbonyl (C=O) groups excluding carboxylic acids is 1. The third-order valence-electron chi connectivity index (χ3n) is 6.13. The van der Waals surface area contributed by atoms with E-state index in [1.165, 1.54) is 0 Å². The Hall–Kier alpha value is -1.89. The van der Waals surface area contributed by atoms with Crippen LogP contribution in [0.3, 0.4) is 0 Å². The van der Waals surface area contributed by atoms with Crippen molar-refractivity contribution in [2.24, 2.45) is 5.92 Å². The third kappa shape index (κ3) is 3.37. The normalized spacial score (nSPS) is 26.0. The minimum absolute atomic E-state index is 0.0684. The molecule has 1 N–H and O–H groups in total. The summed E-state index contributed by atoms with van der Waals surface area (Å²) >= 11 is 0. The molecule has 0 atom stereocenters. The summed E-state index contributed by atoms with van der Waals surface area (Å²) in [7, 11) is 1.74. The van der Waals surface area contributed by atoms with Gasteiger partial charge in [0.2, 0.25) is 11.9 Å². The van der Waals surface area contributed by atoms with Gasteiger partial charge in [-0.05, 0) is 38.5 Å². The lowest BCUT2D eigenvalue weighted by Crippen LogP contribution is -2.43. The first-order valence-corrected chi connectivity index (χ1v) is 9.84. The van der Waals surface area contributed by atoms with Crippen LogP contribution in [-0.4, -0.2) is 53.6 Å². The highest BCUT2D eigenvalue weighted by Crippen LogP contribution is 2.29. The van der Waals surface area contributed by atoms with E-state index < -0.39 is 0 Å². The van der Waals surface area contributed by atoms with Crippen molar-refractivity contribution in [1.29, 1.82) is 0 Å². The van der Waals surface area contributed by atoms with Crippen molar-refractivity contribution in [3.63, 3.8) is 0 Å². The Morgan fingerprint density at radius 3 is 2.58 bits per heavy atom. The first-order valence-electron chi connectivity index (χ1n) is 9.84. The number of amides is 1. The van der Waals surface area contributed by atoms with Gasteiger partial charge >= 0.3 is 0 Å². The van der Waals surface area contributed by atoms with E-state index in [1.54, 1.807) is 7.11 Å². The van der Waals surface area contributed by atoms with Crippen LogP contribution in [0.5, 0.6) is 0 Å². The van der Waals surface area contributed by atoms with Crippen LogP contribution >= 0.6 is 0 Å². The van der Waals surface area contributed by atoms with Gasteiger partial charge in [-0.2, -0.15) is 0 Å². The van der Waals surface area contributed by atoms with Gasteiger partial charge < -0.3 is 14.5 Å². The fraction of sp³-hybridized carbons (Fsp3) is 0.737. The number of methoxy groups -OCH3 is 1. The van der Waals surface area contributed by atoms with Crippen LogP contribution in [0.25, 0.3) is 0 Å². The van der Waals surface area contributed by atoms with Gasteiger partial charge in [-0.1, -0.05) is 0 Å². The van der Waals surface area contributed by atoms with E-state index in [9.17, 15) is 9.59 Å². The fourth-order valence-corrected chi connectivity index (χ4v) is 4.48. The minimum Gasteiger partial charge on any atom is -0.381 e. The number of hydrogen-bond acceptors (Lipinski definition) is 5. The molecule has 0 bridgehead atoms. The summed E-state index contributed by atoms with van der Waals surface area (Å²) in [6.07, 6.45) is 6.89. The number of anilines is 1. The average Bonchev–Trinajstić information content (AvgIpc) is 3.22. The molecule has 1 amide bonds. The molecule has 0 radical (unpaired) electrons. The summed E-state index contributed by atoms with van der Waals surface area (Å²) < 4.78 is 5.40. The predicted octanol–water partition coefficient (Wildman–Crippen LogP) is 1.46. The standard InChI is InChI=1S/C19H28N4O3/c1-26-14-6-4-13(5-7-14)18(25)23-11-8-16-15(12-23)17(24)21-19(20-16)22-9-2-3-10-22/h13-14H,2-12H2,1H3,(H,20,21,24). The number of hydrogen-bond donors (Lipinski definition) is 1. The molecule has 1 saturated heterocycles. The lowest BCUT2D eigenvalue weighted by Gasteiger charge is -2.34. The molecule has 26 heavy (non-hydrogen) atoms. The monoisotopic (exact) mass is 360 g/mol. The quantitative estimate of drug-likeness (QED) is 0.883. The Morgan fingerprint density at radius 1 is 1.15 bits per heavy atom. The lowest BCUT2D eigenvalue weighted by atomic mass is 9.86. The molecule has 3 aliphatic rings. The van der Waals surface area contributed by atoms with Crippen LogP contribution in [-0.2, 0) is 22.5 Å². The van der Waals surface area contributed by atoms with Gasteiger partial charge in [0.1, 0.15) is 0 Å². The molecule has 3 heterocycles. The van der Waals surface area contributed by atoms with E-state index in [4.69, 9.17) is 9.72 Å². The zero-order valence-corrected chi connectivity index (χ0v) is 15.5. The van der Waals surface area contributed by atoms with E-state index in [0.717, 1.165) is 57.3 Å². The number of ether oxygens (including phenoxy) is 1. The molecule has 0 aromatic carbocycles. The lowest BCUT2D eigenvalue weighted by molar-refractivity contribution is -0.138. The van der Waals surface area contributed by atoms with Gasteiger partial charge in [0, 0.05) is 39.1 Å². The van der Waals surface area contributed by atoms with Crippen molar-refractivity contribution in [3.05, 3.63) is 21.6 Å². The molecule has 142 valence electrons. The number of nitrogens with zero attached hydrogens (tertiary/aromatic N) is 3. The van der Waals surface area contributed by atoms with Gasteiger partial charge in [-0.25, -0.2) is 4.98 Å². The maximum Gasteiger partial charge on any atom is 0.257 e. The Bertz CT molecular complexity index is 718. The molecule has 7 nitrogen and oxygen atoms in total. The maximum absolute atomic E-state index is 12.9. The molecular weight excluding hydrogens is 332 g/mol. The van der Waals surface area contributed by atoms with E-state index in [1.807, 2.05) is 4.90 Å². The highest BCUT2D eigenvalue weighted by Gasteiger charge is 2.32. The van der Waals surface area contributed by atoms with Crippen molar-refractivity contribution in [1.82, 2.24) is 14.9 Å². The SMILES string of the molecule is COC1CCC(C(=O)N2CCc3nc(N4CCCC4)[nH]c(=O)c3C2)CC1. The smallest absolute Gasteiger partial charge is 0.257 e. The molecule has 1 aromatic heterocycles. The number of nitrogens with one attached hydrogen (secondary N) is 1. The largest absolute Gasteiger partial charge is 0.381 e. The summed E-state index contributed by atoms with van der Waals surface area (Å²) in [6, 6.07) is 0. The topological polar surface area (TPSA) is 78.5 Å². The molecule has 2 aliphatic heterocycles. The van der Waals surface area contributed by atoms with Crippen LogP contribution in [0, 0.1) is 5.92 Å². The zero-order valence-electron chi connectivity index (χ0n) is 15.5. The first-order chi connectivity index (χ1) is 12.7. The number of carbonyl (C=O) groups is 1. The van der Waals surface area contributed by atoms with Gasteiger partial charge in [-0.3, -0.25) is 14.6 Å². The second-order valence-corrected chi connectivity index (χ2v) is 7.73. The highest BCUT2D eigenvalue weighted by atomic mass is 16.5. The molecule has 0 spiro atoms. The average molecular weight is 360 g/mol. The summed E-state index contributed by atoms with van der Waals surface area (Å²) in [4.78, 5) is 37.1. The molecule has 7 heteroatoms. The van der Waals surface area contributed by atoms with Crippen LogP contribution in [0.1, 0.15) is 49.8 Å². The van der Waals surface area contributed by atoms with E-state index in [2.05, 4.69) is 9.88 Å². The molecule has 2 fully saturated rings. The van der Waals surface area contributed by atoms with Crippen molar-refractivity contribution in [2.45, 2.75) is 57.6 Å². The Labute approximate surface area is 153 Å². The van der Waals surface area contributed by atoms with Crippen molar-refractivity contribution in [3.8, 4) is 0 Å². The van der Waals surface area contributed by atoms with Crippen molar-refractivity contribution in [2.75, 3.05) is 31.6 Å². The van der Waals surface area contributed by atoms with Crippen LogP contribution in [0.4, 0.5) is 5.95 Å². The van der Waals surface area contributed by atoms with Gasteiger partial charge in [0.25, 0.3) is 5.56 Å². The molecule has 1 saturated carbocycles. The van der Waals surface area contributed by atoms with Gasteiger partial charge in [-0.15, -0.1) is 0 Å². The zero-order chi connectivity index (χ0) is 18.1. The number of H-pyrrole nitrogens is 1. The van der Waals surface area contributed by atoms with E-state index in [0.29, 0.717) is 31.0 Å². The minimum atomic E-state index is -0.0857. The maximum atomic E-state index is 12.9. The Kier molecular flexibility index (Phi) is 4.98. The number of rotatable bonds is 3. The molecule has 0 unspecified atom stereocenters. The molecule has 4 rings (SSSR count). The van der Waals surface area contributed by atoms with Crippen molar-refractivity contribution < 1.29 is 9.53 Å². The number of aromatic nitrogens is 2. The highest BCUT2D eigenvalue weighted by molar-refractivity contribution is 5.79.